The lowest BCUT2D eigenvalue weighted by molar-refractivity contribution is 0.669. The zero-order valence-corrected chi connectivity index (χ0v) is 27.3. The molecule has 0 aliphatic rings. The van der Waals surface area contributed by atoms with Crippen LogP contribution in [0.3, 0.4) is 0 Å². The molecule has 10 rings (SSSR count). The Hall–Kier alpha value is -6.64. The minimum atomic E-state index is 0.923. The van der Waals surface area contributed by atoms with E-state index in [9.17, 15) is 0 Å². The molecule has 9 aromatic carbocycles. The number of nitrogens with zero attached hydrogens (tertiary/aromatic N) is 1. The molecule has 0 atom stereocenters. The van der Waals surface area contributed by atoms with Gasteiger partial charge in [-0.3, -0.25) is 0 Å². The van der Waals surface area contributed by atoms with Gasteiger partial charge in [0.2, 0.25) is 0 Å². The number of hydrogen-bond acceptors (Lipinski definition) is 2. The molecule has 234 valence electrons. The van der Waals surface area contributed by atoms with Crippen LogP contribution in [0.15, 0.2) is 192 Å². The standard InChI is InChI=1S/C48H31NO/c1-4-12-32(13-5-1)37-27-38(29-41(28-37)49(39-14-6-2-7-15-39)40-16-8-3-9-17-40)34-24-25-42-35(26-34)22-20-33-21-23-36-30-47-45(31-44(36)48(33)42)43-18-10-11-19-46(43)50-47/h1-31H. The van der Waals surface area contributed by atoms with Gasteiger partial charge in [0.25, 0.3) is 0 Å². The Balaban J connectivity index is 1.18. The highest BCUT2D eigenvalue weighted by Crippen LogP contribution is 2.42. The second kappa shape index (κ2) is 11.5. The number of rotatable bonds is 5. The van der Waals surface area contributed by atoms with Crippen LogP contribution < -0.4 is 4.90 Å². The first-order valence-electron chi connectivity index (χ1n) is 17.1. The van der Waals surface area contributed by atoms with E-state index in [1.165, 1.54) is 54.6 Å². The summed E-state index contributed by atoms with van der Waals surface area (Å²) in [6, 6.07) is 67.6. The summed E-state index contributed by atoms with van der Waals surface area (Å²) < 4.78 is 6.25. The zero-order valence-electron chi connectivity index (χ0n) is 27.3. The monoisotopic (exact) mass is 637 g/mol. The van der Waals surface area contributed by atoms with E-state index in [1.807, 2.05) is 12.1 Å². The van der Waals surface area contributed by atoms with Gasteiger partial charge in [-0.15, -0.1) is 0 Å². The second-order valence-electron chi connectivity index (χ2n) is 13.0. The Morgan fingerprint density at radius 3 is 1.62 bits per heavy atom. The van der Waals surface area contributed by atoms with E-state index in [0.29, 0.717) is 0 Å². The molecule has 1 heterocycles. The first-order valence-corrected chi connectivity index (χ1v) is 17.1. The summed E-state index contributed by atoms with van der Waals surface area (Å²) in [6.45, 7) is 0. The SMILES string of the molecule is c1ccc(-c2cc(-c3ccc4c(ccc5ccc6cc7oc8ccccc8c7cc6c54)c3)cc(N(c3ccccc3)c3ccccc3)c2)cc1. The molecule has 0 unspecified atom stereocenters. The highest BCUT2D eigenvalue weighted by atomic mass is 16.3. The molecule has 10 aromatic rings. The Morgan fingerprint density at radius 2 is 0.900 bits per heavy atom. The van der Waals surface area contributed by atoms with Gasteiger partial charge in [0.05, 0.1) is 0 Å². The minimum Gasteiger partial charge on any atom is -0.456 e. The molecule has 1 aromatic heterocycles. The van der Waals surface area contributed by atoms with Crippen LogP contribution >= 0.6 is 0 Å². The number of fused-ring (bicyclic) bond motifs is 8. The van der Waals surface area contributed by atoms with Crippen molar-refractivity contribution in [1.82, 2.24) is 0 Å². The molecule has 0 fully saturated rings. The predicted molar refractivity (Wildman–Crippen MR) is 212 cm³/mol. The topological polar surface area (TPSA) is 16.4 Å². The summed E-state index contributed by atoms with van der Waals surface area (Å²) in [5.74, 6) is 0. The zero-order chi connectivity index (χ0) is 33.0. The van der Waals surface area contributed by atoms with Crippen molar-refractivity contribution in [3.05, 3.63) is 188 Å². The smallest absolute Gasteiger partial charge is 0.136 e. The summed E-state index contributed by atoms with van der Waals surface area (Å²) in [7, 11) is 0. The molecule has 0 amide bonds. The molecule has 0 aliphatic carbocycles. The fourth-order valence-electron chi connectivity index (χ4n) is 7.59. The van der Waals surface area contributed by atoms with Crippen molar-refractivity contribution in [3.8, 4) is 22.3 Å². The van der Waals surface area contributed by atoms with E-state index in [0.717, 1.165) is 39.0 Å². The van der Waals surface area contributed by atoms with Crippen LogP contribution in [0.25, 0.3) is 76.5 Å². The van der Waals surface area contributed by atoms with Gasteiger partial charge in [-0.05, 0) is 121 Å². The normalized spacial score (nSPS) is 11.6. The molecular weight excluding hydrogens is 607 g/mol. The van der Waals surface area contributed by atoms with Gasteiger partial charge in [-0.25, -0.2) is 0 Å². The average molecular weight is 638 g/mol. The van der Waals surface area contributed by atoms with Gasteiger partial charge < -0.3 is 9.32 Å². The van der Waals surface area contributed by atoms with Crippen molar-refractivity contribution >= 4 is 71.3 Å². The van der Waals surface area contributed by atoms with Crippen LogP contribution in [-0.2, 0) is 0 Å². The lowest BCUT2D eigenvalue weighted by Crippen LogP contribution is -2.10. The lowest BCUT2D eigenvalue weighted by atomic mass is 9.92. The molecule has 0 bridgehead atoms. The maximum atomic E-state index is 6.25. The van der Waals surface area contributed by atoms with E-state index in [2.05, 4.69) is 181 Å². The van der Waals surface area contributed by atoms with Gasteiger partial charge in [-0.2, -0.15) is 0 Å². The van der Waals surface area contributed by atoms with Gasteiger partial charge in [0.15, 0.2) is 0 Å². The van der Waals surface area contributed by atoms with Crippen LogP contribution in [0.1, 0.15) is 0 Å². The average Bonchev–Trinajstić information content (AvgIpc) is 3.55. The molecule has 0 aliphatic heterocycles. The quantitative estimate of drug-likeness (QED) is 0.175. The summed E-state index contributed by atoms with van der Waals surface area (Å²) >= 11 is 0. The van der Waals surface area contributed by atoms with E-state index >= 15 is 0 Å². The second-order valence-corrected chi connectivity index (χ2v) is 13.0. The fourth-order valence-corrected chi connectivity index (χ4v) is 7.59. The van der Waals surface area contributed by atoms with E-state index < -0.39 is 0 Å². The number of furan rings is 1. The molecule has 0 saturated heterocycles. The Kier molecular flexibility index (Phi) is 6.53. The largest absolute Gasteiger partial charge is 0.456 e. The van der Waals surface area contributed by atoms with Crippen LogP contribution in [0, 0.1) is 0 Å². The molecule has 2 heteroatoms. The Bertz CT molecular complexity index is 2820. The van der Waals surface area contributed by atoms with Crippen molar-refractivity contribution in [3.63, 3.8) is 0 Å². The maximum Gasteiger partial charge on any atom is 0.136 e. The van der Waals surface area contributed by atoms with E-state index in [1.54, 1.807) is 0 Å². The van der Waals surface area contributed by atoms with Crippen molar-refractivity contribution < 1.29 is 4.42 Å². The van der Waals surface area contributed by atoms with Crippen molar-refractivity contribution in [1.29, 1.82) is 0 Å². The number of anilines is 3. The Labute approximate surface area is 290 Å². The third-order valence-corrected chi connectivity index (χ3v) is 9.96. The van der Waals surface area contributed by atoms with E-state index in [4.69, 9.17) is 4.42 Å². The van der Waals surface area contributed by atoms with Crippen molar-refractivity contribution in [2.75, 3.05) is 4.90 Å². The van der Waals surface area contributed by atoms with Crippen molar-refractivity contribution in [2.45, 2.75) is 0 Å². The van der Waals surface area contributed by atoms with Crippen LogP contribution in [0.5, 0.6) is 0 Å². The van der Waals surface area contributed by atoms with E-state index in [-0.39, 0.29) is 0 Å². The maximum absolute atomic E-state index is 6.25. The molecule has 2 nitrogen and oxygen atoms in total. The number of hydrogen-bond donors (Lipinski definition) is 0. The highest BCUT2D eigenvalue weighted by molar-refractivity contribution is 6.23. The van der Waals surface area contributed by atoms with Gasteiger partial charge >= 0.3 is 0 Å². The molecular formula is C48H31NO. The van der Waals surface area contributed by atoms with Crippen molar-refractivity contribution in [2.24, 2.45) is 0 Å². The van der Waals surface area contributed by atoms with Crippen LogP contribution in [0.2, 0.25) is 0 Å². The molecule has 50 heavy (non-hydrogen) atoms. The minimum absolute atomic E-state index is 0.923. The lowest BCUT2D eigenvalue weighted by Gasteiger charge is -2.27. The van der Waals surface area contributed by atoms with Gasteiger partial charge in [0.1, 0.15) is 11.2 Å². The van der Waals surface area contributed by atoms with Gasteiger partial charge in [0, 0.05) is 27.8 Å². The third kappa shape index (κ3) is 4.73. The Morgan fingerprint density at radius 1 is 0.300 bits per heavy atom. The molecule has 0 spiro atoms. The predicted octanol–water partition coefficient (Wildman–Crippen LogP) is 13.8. The molecule has 0 N–H and O–H groups in total. The summed E-state index contributed by atoms with van der Waals surface area (Å²) in [4.78, 5) is 2.34. The summed E-state index contributed by atoms with van der Waals surface area (Å²) in [5, 5.41) is 9.71. The summed E-state index contributed by atoms with van der Waals surface area (Å²) in [6.07, 6.45) is 0. The third-order valence-electron chi connectivity index (χ3n) is 9.96. The number of para-hydroxylation sites is 3. The first kappa shape index (κ1) is 28.4. The van der Waals surface area contributed by atoms with Crippen LogP contribution in [0.4, 0.5) is 17.1 Å². The van der Waals surface area contributed by atoms with Crippen LogP contribution in [-0.4, -0.2) is 0 Å². The summed E-state index contributed by atoms with van der Waals surface area (Å²) in [5.41, 5.74) is 9.91. The molecule has 0 radical (unpaired) electrons. The highest BCUT2D eigenvalue weighted by Gasteiger charge is 2.17. The molecule has 0 saturated carbocycles. The fraction of sp³-hybridized carbons (Fsp3) is 0. The van der Waals surface area contributed by atoms with Gasteiger partial charge in [-0.1, -0.05) is 121 Å². The number of benzene rings is 9. The first-order chi connectivity index (χ1) is 24.8.